The number of rotatable bonds is 0. The molecule has 0 unspecified atom stereocenters. The fourth-order valence-electron chi connectivity index (χ4n) is 0. The van der Waals surface area contributed by atoms with E-state index in [-0.39, 0.29) is 16.8 Å². The van der Waals surface area contributed by atoms with Crippen molar-refractivity contribution in [2.75, 3.05) is 0 Å². The first-order valence-electron chi connectivity index (χ1n) is 0.698. The molecule has 0 bridgehead atoms. The molecule has 3 nitrogen and oxygen atoms in total. The maximum atomic E-state index is 9.11. The van der Waals surface area contributed by atoms with E-state index < -0.39 is 9.05 Å². The van der Waals surface area contributed by atoms with Crippen LogP contribution in [0.25, 0.3) is 0 Å². The average molecular weight is 173 g/mol. The molecule has 0 heterocycles. The first kappa shape index (κ1) is 9.93. The Morgan fingerprint density at radius 3 is 1.50 bits per heavy atom. The van der Waals surface area contributed by atoms with E-state index in [0.717, 1.165) is 0 Å². The average Bonchev–Trinajstić information content (AvgIpc) is 0.722. The van der Waals surface area contributed by atoms with Crippen LogP contribution in [0.4, 0.5) is 0 Å². The second-order valence-electron chi connectivity index (χ2n) is 0.448. The van der Waals surface area contributed by atoms with Gasteiger partial charge < -0.3 is 0 Å². The van der Waals surface area contributed by atoms with E-state index in [4.69, 9.17) is 13.3 Å². The van der Waals surface area contributed by atoms with Gasteiger partial charge in [0.1, 0.15) is 0 Å². The van der Waals surface area contributed by atoms with E-state index in [1.165, 1.54) is 0 Å². The minimum absolute atomic E-state index is 0. The van der Waals surface area contributed by atoms with E-state index >= 15 is 0 Å². The van der Waals surface area contributed by atoms with Crippen molar-refractivity contribution in [3.63, 3.8) is 0 Å². The monoisotopic (exact) mass is 173 g/mol. The second-order valence-corrected chi connectivity index (χ2v) is 2.65. The minimum Gasteiger partial charge on any atom is -0.285 e. The molecule has 6 heteroatoms. The predicted molar refractivity (Wildman–Crippen MR) is 20.8 cm³/mol. The van der Waals surface area contributed by atoms with Crippen LogP contribution in [0.2, 0.25) is 0 Å². The molecule has 0 fully saturated rings. The fraction of sp³-hybridized carbons (Fsp3) is 0. The zero-order valence-corrected chi connectivity index (χ0v) is 5.13. The van der Waals surface area contributed by atoms with Gasteiger partial charge in [0.15, 0.2) is 0 Å². The maximum Gasteiger partial charge on any atom is 0.263 e. The molecule has 0 amide bonds. The van der Waals surface area contributed by atoms with Gasteiger partial charge in [-0.1, -0.05) is 0 Å². The summed E-state index contributed by atoms with van der Waals surface area (Å²) >= 11 is 3.47. The summed E-state index contributed by atoms with van der Waals surface area (Å²) in [5.41, 5.74) is 0. The Kier molecular flexibility index (Phi) is 4.78. The molecule has 41 valence electrons. The fourth-order valence-corrected chi connectivity index (χ4v) is 0. The van der Waals surface area contributed by atoms with Gasteiger partial charge in [0.25, 0.3) is 9.05 Å². The summed E-state index contributed by atoms with van der Waals surface area (Å²) in [7, 11) is -3.83. The van der Waals surface area contributed by atoms with Crippen LogP contribution in [-0.2, 0) is 37.0 Å². The first-order chi connectivity index (χ1) is 2.00. The van der Waals surface area contributed by atoms with Gasteiger partial charge in [-0.3, -0.25) is 9.11 Å². The van der Waals surface area contributed by atoms with Crippen LogP contribution in [-0.4, -0.2) is 13.3 Å². The Balaban J connectivity index is 0. The van der Waals surface area contributed by atoms with E-state index in [1.54, 1.807) is 0 Å². The van der Waals surface area contributed by atoms with Crippen LogP contribution in [0.3, 0.4) is 0 Å². The summed E-state index contributed by atoms with van der Waals surface area (Å²) in [6.45, 7) is 0. The van der Waals surface area contributed by atoms with E-state index in [0.29, 0.717) is 0 Å². The summed E-state index contributed by atoms with van der Waals surface area (Å²) < 4.78 is 24.0. The first-order valence-corrected chi connectivity index (χ1v) is 3.10. The molecule has 2 N–H and O–H groups in total. The Morgan fingerprint density at radius 1 is 1.50 bits per heavy atom. The Morgan fingerprint density at radius 2 is 1.50 bits per heavy atom. The van der Waals surface area contributed by atoms with Crippen molar-refractivity contribution in [1.82, 2.24) is 0 Å². The predicted octanol–water partition coefficient (Wildman–Crippen LogP) is -0.324. The van der Waals surface area contributed by atoms with E-state index in [2.05, 4.69) is 11.2 Å². The van der Waals surface area contributed by atoms with Crippen LogP contribution >= 0.6 is 0 Å². The van der Waals surface area contributed by atoms with E-state index in [1.807, 2.05) is 0 Å². The van der Waals surface area contributed by atoms with Crippen LogP contribution in [0, 0.1) is 0 Å². The van der Waals surface area contributed by atoms with Gasteiger partial charge in [-0.2, -0.15) is 4.21 Å². The van der Waals surface area contributed by atoms with Crippen molar-refractivity contribution in [2.45, 2.75) is 0 Å². The van der Waals surface area contributed by atoms with E-state index in [9.17, 15) is 0 Å². The third-order valence-electron chi connectivity index (χ3n) is 0. The van der Waals surface area contributed by atoms with Crippen molar-refractivity contribution in [2.24, 2.45) is 0 Å². The molecule has 0 aliphatic carbocycles. The summed E-state index contributed by atoms with van der Waals surface area (Å²) in [5.74, 6) is 0. The molecule has 0 aromatic carbocycles. The van der Waals surface area contributed by atoms with Gasteiger partial charge in [-0.25, -0.2) is 0 Å². The Labute approximate surface area is 50.7 Å². The zero-order valence-electron chi connectivity index (χ0n) is 2.45. The van der Waals surface area contributed by atoms with Crippen molar-refractivity contribution < 1.29 is 30.1 Å². The van der Waals surface area contributed by atoms with Gasteiger partial charge in [-0.05, 0) is 0 Å². The minimum atomic E-state index is -3.83. The SMILES string of the molecule is O=S(O)(O)=S.[Co]. The Bertz CT molecular complexity index is 92.0. The van der Waals surface area contributed by atoms with Crippen LogP contribution in [0.5, 0.6) is 0 Å². The van der Waals surface area contributed by atoms with Gasteiger partial charge in [0.05, 0.1) is 0 Å². The summed E-state index contributed by atoms with van der Waals surface area (Å²) in [6.07, 6.45) is 0. The summed E-state index contributed by atoms with van der Waals surface area (Å²) in [5, 5.41) is 0. The van der Waals surface area contributed by atoms with Crippen molar-refractivity contribution >= 4 is 20.2 Å². The Hall–Kier alpha value is 0.796. The molecular formula is H2CoO3S2. The molecule has 0 saturated carbocycles. The summed E-state index contributed by atoms with van der Waals surface area (Å²) in [4.78, 5) is 0. The zero-order chi connectivity index (χ0) is 4.50. The number of hydrogen-bond acceptors (Lipinski definition) is 2. The van der Waals surface area contributed by atoms with Crippen LogP contribution in [0.1, 0.15) is 0 Å². The normalized spacial score (nSPS) is 9.67. The third kappa shape index (κ3) is 109. The van der Waals surface area contributed by atoms with Crippen molar-refractivity contribution in [1.29, 1.82) is 0 Å². The largest absolute Gasteiger partial charge is 0.285 e. The molecular weight excluding hydrogens is 171 g/mol. The maximum absolute atomic E-state index is 9.11. The molecule has 6 heavy (non-hydrogen) atoms. The smallest absolute Gasteiger partial charge is 0.263 e. The second kappa shape index (κ2) is 2.89. The standard InChI is InChI=1S/Co.H2O3S2/c;1-5(2,3)4/h;(H2,1,2,3,4). The molecule has 0 spiro atoms. The third-order valence-corrected chi connectivity index (χ3v) is 0. The van der Waals surface area contributed by atoms with Crippen molar-refractivity contribution in [3.8, 4) is 0 Å². The molecule has 1 radical (unpaired) electrons. The molecule has 0 aromatic heterocycles. The molecule has 0 aliphatic rings. The van der Waals surface area contributed by atoms with Gasteiger partial charge >= 0.3 is 0 Å². The number of hydrogen-bond donors (Lipinski definition) is 2. The molecule has 0 aliphatic heterocycles. The molecule has 0 rings (SSSR count). The topological polar surface area (TPSA) is 57.5 Å². The van der Waals surface area contributed by atoms with Crippen LogP contribution < -0.4 is 0 Å². The van der Waals surface area contributed by atoms with Crippen LogP contribution in [0.15, 0.2) is 0 Å². The van der Waals surface area contributed by atoms with Gasteiger partial charge in [0, 0.05) is 28.0 Å². The van der Waals surface area contributed by atoms with Gasteiger partial charge in [0.2, 0.25) is 0 Å². The summed E-state index contributed by atoms with van der Waals surface area (Å²) in [6, 6.07) is 0. The molecule has 0 atom stereocenters. The van der Waals surface area contributed by atoms with Crippen molar-refractivity contribution in [3.05, 3.63) is 0 Å². The molecule has 0 aromatic rings. The quantitative estimate of drug-likeness (QED) is 0.527. The molecule has 0 saturated heterocycles. The van der Waals surface area contributed by atoms with Gasteiger partial charge in [-0.15, -0.1) is 0 Å².